The number of ether oxygens (including phenoxy) is 3. The molecule has 0 spiro atoms. The number of hydrogen-bond acceptors (Lipinski definition) is 6. The van der Waals surface area contributed by atoms with Gasteiger partial charge in [0.25, 0.3) is 5.91 Å². The van der Waals surface area contributed by atoms with E-state index in [2.05, 4.69) is 5.32 Å². The lowest BCUT2D eigenvalue weighted by atomic mass is 10.1. The standard InChI is InChI=1S/C19H22N2O5/c1-2-24-18(22)13-26-16-7-5-14(6-8-16)10-15(11-20)19(23)21-12-17-4-3-9-25-17/h5-8,10,17H,2-4,9,12-13H2,1H3,(H,21,23)/b15-10+/t17-/m0/s1. The number of benzene rings is 1. The number of rotatable bonds is 8. The fourth-order valence-corrected chi connectivity index (χ4v) is 2.43. The Morgan fingerprint density at radius 2 is 2.15 bits per heavy atom. The van der Waals surface area contributed by atoms with Gasteiger partial charge >= 0.3 is 5.97 Å². The molecule has 1 aliphatic heterocycles. The Morgan fingerprint density at radius 1 is 1.38 bits per heavy atom. The topological polar surface area (TPSA) is 97.7 Å². The van der Waals surface area contributed by atoms with Crippen LogP contribution < -0.4 is 10.1 Å². The quantitative estimate of drug-likeness (QED) is 0.432. The van der Waals surface area contributed by atoms with Crippen LogP contribution in [0.4, 0.5) is 0 Å². The van der Waals surface area contributed by atoms with Crippen molar-refractivity contribution < 1.29 is 23.8 Å². The molecule has 7 heteroatoms. The number of esters is 1. The summed E-state index contributed by atoms with van der Waals surface area (Å²) in [5.41, 5.74) is 0.695. The van der Waals surface area contributed by atoms with E-state index in [-0.39, 0.29) is 18.3 Å². The van der Waals surface area contributed by atoms with E-state index in [4.69, 9.17) is 14.2 Å². The first-order valence-corrected chi connectivity index (χ1v) is 8.52. The Balaban J connectivity index is 1.89. The number of hydrogen-bond donors (Lipinski definition) is 1. The normalized spacial score (nSPS) is 16.6. The molecule has 0 unspecified atom stereocenters. The van der Waals surface area contributed by atoms with Gasteiger partial charge in [-0.25, -0.2) is 4.79 Å². The predicted molar refractivity (Wildman–Crippen MR) is 94.1 cm³/mol. The highest BCUT2D eigenvalue weighted by molar-refractivity contribution is 6.01. The number of nitriles is 1. The highest BCUT2D eigenvalue weighted by Crippen LogP contribution is 2.15. The van der Waals surface area contributed by atoms with Crippen molar-refractivity contribution in [1.29, 1.82) is 5.26 Å². The van der Waals surface area contributed by atoms with Crippen LogP contribution in [0.3, 0.4) is 0 Å². The SMILES string of the molecule is CCOC(=O)COc1ccc(/C=C(\C#N)C(=O)NC[C@@H]2CCCO2)cc1. The van der Waals surface area contributed by atoms with Crippen LogP contribution in [0.5, 0.6) is 5.75 Å². The molecule has 1 aromatic carbocycles. The van der Waals surface area contributed by atoms with Crippen LogP contribution in [0.15, 0.2) is 29.8 Å². The molecule has 1 atom stereocenters. The number of carbonyl (C=O) groups is 2. The molecule has 1 N–H and O–H groups in total. The van der Waals surface area contributed by atoms with E-state index in [9.17, 15) is 14.9 Å². The van der Waals surface area contributed by atoms with Crippen molar-refractivity contribution in [2.24, 2.45) is 0 Å². The first kappa shape index (κ1) is 19.5. The molecule has 1 aliphatic rings. The van der Waals surface area contributed by atoms with E-state index in [1.54, 1.807) is 31.2 Å². The molecule has 1 saturated heterocycles. The lowest BCUT2D eigenvalue weighted by molar-refractivity contribution is -0.145. The fourth-order valence-electron chi connectivity index (χ4n) is 2.43. The average Bonchev–Trinajstić information content (AvgIpc) is 3.17. The second-order valence-electron chi connectivity index (χ2n) is 5.68. The maximum absolute atomic E-state index is 12.1. The van der Waals surface area contributed by atoms with E-state index in [0.717, 1.165) is 12.8 Å². The highest BCUT2D eigenvalue weighted by atomic mass is 16.6. The third-order valence-corrected chi connectivity index (χ3v) is 3.73. The molecule has 0 radical (unpaired) electrons. The lowest BCUT2D eigenvalue weighted by Gasteiger charge is -2.10. The minimum absolute atomic E-state index is 0.0168. The molecule has 1 heterocycles. The van der Waals surface area contributed by atoms with Gasteiger partial charge in [-0.15, -0.1) is 0 Å². The Labute approximate surface area is 152 Å². The molecular weight excluding hydrogens is 336 g/mol. The van der Waals surface area contributed by atoms with Crippen molar-refractivity contribution in [3.05, 3.63) is 35.4 Å². The smallest absolute Gasteiger partial charge is 0.344 e. The molecule has 26 heavy (non-hydrogen) atoms. The summed E-state index contributed by atoms with van der Waals surface area (Å²) in [5, 5.41) is 11.9. The Bertz CT molecular complexity index is 685. The predicted octanol–water partition coefficient (Wildman–Crippen LogP) is 1.83. The van der Waals surface area contributed by atoms with Crippen LogP contribution in [0.2, 0.25) is 0 Å². The van der Waals surface area contributed by atoms with Crippen molar-refractivity contribution in [2.75, 3.05) is 26.4 Å². The maximum atomic E-state index is 12.1. The van der Waals surface area contributed by atoms with E-state index < -0.39 is 11.9 Å². The number of amides is 1. The second-order valence-corrected chi connectivity index (χ2v) is 5.68. The molecule has 1 aromatic rings. The van der Waals surface area contributed by atoms with E-state index in [1.807, 2.05) is 6.07 Å². The minimum atomic E-state index is -0.439. The van der Waals surface area contributed by atoms with Gasteiger partial charge in [-0.2, -0.15) is 5.26 Å². The van der Waals surface area contributed by atoms with Gasteiger partial charge in [-0.1, -0.05) is 12.1 Å². The minimum Gasteiger partial charge on any atom is -0.482 e. The van der Waals surface area contributed by atoms with Gasteiger partial charge in [-0.05, 0) is 43.5 Å². The van der Waals surface area contributed by atoms with Crippen LogP contribution in [0.1, 0.15) is 25.3 Å². The van der Waals surface area contributed by atoms with Gasteiger partial charge in [-0.3, -0.25) is 4.79 Å². The third-order valence-electron chi connectivity index (χ3n) is 3.73. The van der Waals surface area contributed by atoms with Gasteiger partial charge < -0.3 is 19.5 Å². The first-order chi connectivity index (χ1) is 12.6. The summed E-state index contributed by atoms with van der Waals surface area (Å²) in [4.78, 5) is 23.4. The first-order valence-electron chi connectivity index (χ1n) is 8.52. The molecule has 0 bridgehead atoms. The average molecular weight is 358 g/mol. The number of carbonyl (C=O) groups excluding carboxylic acids is 2. The van der Waals surface area contributed by atoms with Gasteiger partial charge in [0.15, 0.2) is 6.61 Å². The van der Waals surface area contributed by atoms with E-state index in [0.29, 0.717) is 31.1 Å². The fraction of sp³-hybridized carbons (Fsp3) is 0.421. The number of nitrogens with zero attached hydrogens (tertiary/aromatic N) is 1. The van der Waals surface area contributed by atoms with Crippen molar-refractivity contribution in [3.63, 3.8) is 0 Å². The lowest BCUT2D eigenvalue weighted by Crippen LogP contribution is -2.32. The van der Waals surface area contributed by atoms with Crippen LogP contribution in [0.25, 0.3) is 6.08 Å². The summed E-state index contributed by atoms with van der Waals surface area (Å²) in [5.74, 6) is -0.367. The van der Waals surface area contributed by atoms with Crippen molar-refractivity contribution in [1.82, 2.24) is 5.32 Å². The third kappa shape index (κ3) is 6.22. The largest absolute Gasteiger partial charge is 0.482 e. The zero-order valence-electron chi connectivity index (χ0n) is 14.7. The Morgan fingerprint density at radius 3 is 2.77 bits per heavy atom. The summed E-state index contributed by atoms with van der Waals surface area (Å²) in [7, 11) is 0. The summed E-state index contributed by atoms with van der Waals surface area (Å²) in [6, 6.07) is 8.62. The molecule has 1 amide bonds. The monoisotopic (exact) mass is 358 g/mol. The van der Waals surface area contributed by atoms with Crippen molar-refractivity contribution in [2.45, 2.75) is 25.9 Å². The van der Waals surface area contributed by atoms with Crippen LogP contribution >= 0.6 is 0 Å². The Hall–Kier alpha value is -2.85. The van der Waals surface area contributed by atoms with Crippen molar-refractivity contribution >= 4 is 18.0 Å². The molecule has 7 nitrogen and oxygen atoms in total. The van der Waals surface area contributed by atoms with Crippen LogP contribution in [-0.2, 0) is 19.1 Å². The van der Waals surface area contributed by atoms with E-state index >= 15 is 0 Å². The maximum Gasteiger partial charge on any atom is 0.344 e. The molecule has 138 valence electrons. The Kier molecular flexibility index (Phi) is 7.65. The molecule has 1 fully saturated rings. The summed E-state index contributed by atoms with van der Waals surface area (Å²) >= 11 is 0. The van der Waals surface area contributed by atoms with Crippen molar-refractivity contribution in [3.8, 4) is 11.8 Å². The molecule has 0 aromatic heterocycles. The summed E-state index contributed by atoms with van der Waals surface area (Å²) < 4.78 is 15.5. The summed E-state index contributed by atoms with van der Waals surface area (Å²) in [6.07, 6.45) is 3.43. The van der Waals surface area contributed by atoms with Crippen LogP contribution in [0, 0.1) is 11.3 Å². The summed E-state index contributed by atoms with van der Waals surface area (Å²) in [6.45, 7) is 2.98. The van der Waals surface area contributed by atoms with Crippen LogP contribution in [-0.4, -0.2) is 44.3 Å². The second kappa shape index (κ2) is 10.2. The number of nitrogens with one attached hydrogen (secondary N) is 1. The zero-order valence-corrected chi connectivity index (χ0v) is 14.7. The molecular formula is C19H22N2O5. The van der Waals surface area contributed by atoms with E-state index in [1.165, 1.54) is 6.08 Å². The zero-order chi connectivity index (χ0) is 18.8. The molecule has 0 saturated carbocycles. The molecule has 0 aliphatic carbocycles. The van der Waals surface area contributed by atoms with Gasteiger partial charge in [0.2, 0.25) is 0 Å². The highest BCUT2D eigenvalue weighted by Gasteiger charge is 2.17. The van der Waals surface area contributed by atoms with Gasteiger partial charge in [0.1, 0.15) is 17.4 Å². The van der Waals surface area contributed by atoms with Gasteiger partial charge in [0, 0.05) is 13.2 Å². The van der Waals surface area contributed by atoms with Gasteiger partial charge in [0.05, 0.1) is 12.7 Å². The molecule has 2 rings (SSSR count).